The first-order valence-electron chi connectivity index (χ1n) is 12.3. The van der Waals surface area contributed by atoms with Crippen LogP contribution in [0.25, 0.3) is 11.0 Å². The van der Waals surface area contributed by atoms with Gasteiger partial charge in [0.2, 0.25) is 0 Å². The van der Waals surface area contributed by atoms with E-state index in [0.29, 0.717) is 28.2 Å². The molecule has 8 heteroatoms. The fourth-order valence-electron chi connectivity index (χ4n) is 5.12. The molecule has 0 bridgehead atoms. The summed E-state index contributed by atoms with van der Waals surface area (Å²) in [4.78, 5) is 27.4. The number of carbonyl (C=O) groups excluding carboxylic acids is 2. The third-order valence-electron chi connectivity index (χ3n) is 6.62. The summed E-state index contributed by atoms with van der Waals surface area (Å²) in [5.74, 6) is -0.124. The quantitative estimate of drug-likeness (QED) is 0.400. The predicted molar refractivity (Wildman–Crippen MR) is 138 cm³/mol. The van der Waals surface area contributed by atoms with Crippen LogP contribution in [-0.2, 0) is 12.1 Å². The van der Waals surface area contributed by atoms with E-state index in [1.165, 1.54) is 0 Å². The zero-order valence-electron chi connectivity index (χ0n) is 20.2. The minimum atomic E-state index is -0.563. The lowest BCUT2D eigenvalue weighted by molar-refractivity contribution is 0.0678. The third-order valence-corrected chi connectivity index (χ3v) is 6.92. The second-order valence-corrected chi connectivity index (χ2v) is 9.20. The van der Waals surface area contributed by atoms with Crippen LogP contribution >= 0.6 is 11.6 Å². The maximum absolute atomic E-state index is 13.4. The minimum Gasteiger partial charge on any atom is -0.450 e. The first-order chi connectivity index (χ1) is 17.0. The molecule has 0 radical (unpaired) electrons. The predicted octanol–water partition coefficient (Wildman–Crippen LogP) is 6.04. The van der Waals surface area contributed by atoms with Crippen LogP contribution < -0.4 is 10.6 Å². The molecule has 1 fully saturated rings. The number of aliphatic hydroxyl groups excluding tert-OH is 1. The van der Waals surface area contributed by atoms with E-state index in [2.05, 4.69) is 10.6 Å². The Morgan fingerprint density at radius 2 is 1.86 bits per heavy atom. The first-order valence-corrected chi connectivity index (χ1v) is 12.7. The Hall–Kier alpha value is -3.03. The maximum atomic E-state index is 13.4. The van der Waals surface area contributed by atoms with Gasteiger partial charge in [-0.25, -0.2) is 4.79 Å². The molecule has 1 spiro atoms. The largest absolute Gasteiger partial charge is 0.450 e. The fourth-order valence-corrected chi connectivity index (χ4v) is 5.38. The lowest BCUT2D eigenvalue weighted by atomic mass is 9.74. The number of nitrogens with zero attached hydrogens (tertiary/aromatic N) is 1. The summed E-state index contributed by atoms with van der Waals surface area (Å²) in [7, 11) is 0. The zero-order chi connectivity index (χ0) is 25.0. The van der Waals surface area contributed by atoms with Gasteiger partial charge in [-0.3, -0.25) is 4.79 Å². The average molecular weight is 498 g/mol. The number of nitrogens with one attached hydrogen (secondary N) is 2. The molecule has 2 aliphatic rings. The number of carbonyl (C=O) groups is 2. The Balaban J connectivity index is 0.00000141. The molecule has 2 aromatic carbocycles. The fraction of sp³-hybridized carbons (Fsp3) is 0.407. The van der Waals surface area contributed by atoms with Gasteiger partial charge in [0.15, 0.2) is 5.76 Å². The van der Waals surface area contributed by atoms with Crippen LogP contribution in [0.15, 0.2) is 46.9 Å². The maximum Gasteiger partial charge on any atom is 0.319 e. The summed E-state index contributed by atoms with van der Waals surface area (Å²) in [6, 6.07) is 12.8. The molecule has 0 saturated heterocycles. The highest BCUT2D eigenvalue weighted by atomic mass is 35.5. The van der Waals surface area contributed by atoms with E-state index >= 15 is 0 Å². The molecule has 35 heavy (non-hydrogen) atoms. The normalized spacial score (nSPS) is 16.1. The number of benzene rings is 2. The van der Waals surface area contributed by atoms with Crippen molar-refractivity contribution in [2.24, 2.45) is 0 Å². The molecular formula is C27H32ClN3O4. The van der Waals surface area contributed by atoms with Crippen molar-refractivity contribution in [2.75, 3.05) is 18.5 Å². The summed E-state index contributed by atoms with van der Waals surface area (Å²) in [5.41, 5.74) is 2.34. The van der Waals surface area contributed by atoms with Crippen molar-refractivity contribution in [1.82, 2.24) is 10.2 Å². The monoisotopic (exact) mass is 497 g/mol. The van der Waals surface area contributed by atoms with Crippen LogP contribution in [0, 0.1) is 0 Å². The second kappa shape index (κ2) is 10.7. The van der Waals surface area contributed by atoms with E-state index < -0.39 is 5.54 Å². The van der Waals surface area contributed by atoms with Crippen LogP contribution in [0.2, 0.25) is 5.02 Å². The van der Waals surface area contributed by atoms with Gasteiger partial charge in [-0.05, 0) is 30.5 Å². The van der Waals surface area contributed by atoms with Gasteiger partial charge in [0.1, 0.15) is 5.58 Å². The lowest BCUT2D eigenvalue weighted by Crippen LogP contribution is -2.52. The molecule has 3 amide bonds. The Morgan fingerprint density at radius 1 is 1.14 bits per heavy atom. The van der Waals surface area contributed by atoms with E-state index in [0.717, 1.165) is 43.2 Å². The number of anilines is 1. The highest BCUT2D eigenvalue weighted by Gasteiger charge is 2.44. The molecule has 1 saturated carbocycles. The van der Waals surface area contributed by atoms with Crippen molar-refractivity contribution >= 4 is 40.2 Å². The number of halogens is 1. The molecule has 1 aliphatic heterocycles. The highest BCUT2D eigenvalue weighted by Crippen LogP contribution is 2.49. The first kappa shape index (κ1) is 25.1. The molecule has 3 aromatic rings. The topological polar surface area (TPSA) is 94.8 Å². The van der Waals surface area contributed by atoms with Crippen LogP contribution in [0.5, 0.6) is 0 Å². The van der Waals surface area contributed by atoms with E-state index in [9.17, 15) is 14.7 Å². The summed E-state index contributed by atoms with van der Waals surface area (Å²) < 4.78 is 6.19. The Labute approximate surface area is 210 Å². The number of furan rings is 1. The third kappa shape index (κ3) is 4.88. The van der Waals surface area contributed by atoms with Crippen molar-refractivity contribution in [3.05, 3.63) is 64.4 Å². The highest BCUT2D eigenvalue weighted by molar-refractivity contribution is 6.35. The van der Waals surface area contributed by atoms with Gasteiger partial charge in [0.05, 0.1) is 22.9 Å². The van der Waals surface area contributed by atoms with Gasteiger partial charge < -0.3 is 25.1 Å². The number of amides is 3. The van der Waals surface area contributed by atoms with Crippen molar-refractivity contribution < 1.29 is 19.1 Å². The molecule has 1 aromatic heterocycles. The van der Waals surface area contributed by atoms with Crippen molar-refractivity contribution in [1.29, 1.82) is 0 Å². The zero-order valence-corrected chi connectivity index (χ0v) is 21.0. The summed E-state index contributed by atoms with van der Waals surface area (Å²) >= 11 is 6.58. The average Bonchev–Trinajstić information content (AvgIpc) is 3.29. The summed E-state index contributed by atoms with van der Waals surface area (Å²) in [5, 5.41) is 16.6. The van der Waals surface area contributed by atoms with Gasteiger partial charge >= 0.3 is 6.03 Å². The molecule has 0 unspecified atom stereocenters. The number of aliphatic hydroxyl groups is 1. The van der Waals surface area contributed by atoms with Crippen molar-refractivity contribution in [3.8, 4) is 0 Å². The number of urea groups is 1. The van der Waals surface area contributed by atoms with Crippen molar-refractivity contribution in [2.45, 2.75) is 58.0 Å². The SMILES string of the molecule is CC.O=C1Nc2c(Cl)cc3cc(C(=O)N(CCO)Cc4ccccc4)oc3c2C2(CCCCC2)N1. The van der Waals surface area contributed by atoms with Crippen LogP contribution in [0.4, 0.5) is 10.5 Å². The molecule has 5 rings (SSSR count). The Morgan fingerprint density at radius 3 is 2.54 bits per heavy atom. The number of rotatable bonds is 5. The van der Waals surface area contributed by atoms with Gasteiger partial charge in [0, 0.05) is 24.0 Å². The molecule has 3 N–H and O–H groups in total. The van der Waals surface area contributed by atoms with Gasteiger partial charge in [0.25, 0.3) is 5.91 Å². The van der Waals surface area contributed by atoms with E-state index in [-0.39, 0.29) is 30.9 Å². The molecular weight excluding hydrogens is 466 g/mol. The minimum absolute atomic E-state index is 0.154. The number of hydrogen-bond donors (Lipinski definition) is 3. The van der Waals surface area contributed by atoms with E-state index in [4.69, 9.17) is 16.0 Å². The molecule has 186 valence electrons. The van der Waals surface area contributed by atoms with E-state index in [1.807, 2.05) is 44.2 Å². The number of hydrogen-bond acceptors (Lipinski definition) is 4. The van der Waals surface area contributed by atoms with E-state index in [1.54, 1.807) is 17.0 Å². The smallest absolute Gasteiger partial charge is 0.319 e. The molecule has 7 nitrogen and oxygen atoms in total. The lowest BCUT2D eigenvalue weighted by Gasteiger charge is -2.42. The Bertz CT molecular complexity index is 1200. The Kier molecular flexibility index (Phi) is 7.67. The van der Waals surface area contributed by atoms with Crippen LogP contribution in [0.1, 0.15) is 67.6 Å². The molecule has 2 heterocycles. The van der Waals surface area contributed by atoms with Gasteiger partial charge in [-0.15, -0.1) is 0 Å². The molecule has 0 atom stereocenters. The van der Waals surface area contributed by atoms with Gasteiger partial charge in [-0.2, -0.15) is 0 Å². The summed E-state index contributed by atoms with van der Waals surface area (Å²) in [6.07, 6.45) is 4.67. The van der Waals surface area contributed by atoms with Crippen molar-refractivity contribution in [3.63, 3.8) is 0 Å². The summed E-state index contributed by atoms with van der Waals surface area (Å²) in [6.45, 7) is 4.39. The van der Waals surface area contributed by atoms with Crippen LogP contribution in [-0.4, -0.2) is 35.1 Å². The van der Waals surface area contributed by atoms with Crippen LogP contribution in [0.3, 0.4) is 0 Å². The molecule has 1 aliphatic carbocycles. The standard InChI is InChI=1S/C25H26ClN3O4.C2H6/c26-18-13-17-14-19(23(31)29(11-12-30)15-16-7-3-1-4-8-16)33-22(17)20-21(18)27-24(32)28-25(20)9-5-2-6-10-25;1-2/h1,3-4,7-8,13-14,30H,2,5-6,9-12,15H2,(H2,27,28,32);1-2H3. The second-order valence-electron chi connectivity index (χ2n) is 8.80. The number of fused-ring (bicyclic) bond motifs is 4. The van der Waals surface area contributed by atoms with Gasteiger partial charge in [-0.1, -0.05) is 75.0 Å².